The van der Waals surface area contributed by atoms with Crippen LogP contribution in [0.3, 0.4) is 0 Å². The quantitative estimate of drug-likeness (QED) is 0.754. The second-order valence-electron chi connectivity index (χ2n) is 7.56. The van der Waals surface area contributed by atoms with E-state index in [1.807, 2.05) is 55.7 Å². The van der Waals surface area contributed by atoms with Crippen molar-refractivity contribution in [3.8, 4) is 0 Å². The molecule has 4 unspecified atom stereocenters. The third-order valence-corrected chi connectivity index (χ3v) is 6.16. The van der Waals surface area contributed by atoms with Crippen molar-refractivity contribution in [3.63, 3.8) is 0 Å². The number of carbonyl (C=O) groups excluding carboxylic acids is 1. The predicted octanol–water partition coefficient (Wildman–Crippen LogP) is 3.55. The Morgan fingerprint density at radius 3 is 2.63 bits per heavy atom. The number of nitrogens with zero attached hydrogens (tertiary/aromatic N) is 1. The van der Waals surface area contributed by atoms with Crippen LogP contribution in [0.2, 0.25) is 5.02 Å². The van der Waals surface area contributed by atoms with Gasteiger partial charge >= 0.3 is 0 Å². The van der Waals surface area contributed by atoms with Crippen molar-refractivity contribution < 1.29 is 4.79 Å². The van der Waals surface area contributed by atoms with Gasteiger partial charge in [-0.1, -0.05) is 30.2 Å². The van der Waals surface area contributed by atoms with Crippen molar-refractivity contribution >= 4 is 17.5 Å². The second kappa shape index (κ2) is 7.97. The van der Waals surface area contributed by atoms with Gasteiger partial charge in [-0.15, -0.1) is 0 Å². The lowest BCUT2D eigenvalue weighted by Gasteiger charge is -2.34. The maximum absolute atomic E-state index is 13.0. The van der Waals surface area contributed by atoms with Gasteiger partial charge in [-0.3, -0.25) is 15.2 Å². The van der Waals surface area contributed by atoms with Crippen LogP contribution in [-0.4, -0.2) is 16.9 Å². The van der Waals surface area contributed by atoms with E-state index in [1.54, 1.807) is 0 Å². The Balaban J connectivity index is 1.44. The topological polar surface area (TPSA) is 66.0 Å². The highest BCUT2D eigenvalue weighted by molar-refractivity contribution is 6.30. The summed E-state index contributed by atoms with van der Waals surface area (Å²) in [6, 6.07) is 12.1. The summed E-state index contributed by atoms with van der Waals surface area (Å²) in [5.41, 5.74) is 9.11. The van der Waals surface area contributed by atoms with Crippen LogP contribution in [0.1, 0.15) is 49.4 Å². The van der Waals surface area contributed by atoms with Gasteiger partial charge in [-0.05, 0) is 61.1 Å². The monoisotopic (exact) mass is 384 g/mol. The molecule has 1 aromatic heterocycles. The van der Waals surface area contributed by atoms with Crippen molar-refractivity contribution in [1.82, 2.24) is 21.2 Å². The molecule has 1 aliphatic carbocycles. The van der Waals surface area contributed by atoms with Crippen molar-refractivity contribution in [1.29, 1.82) is 0 Å². The largest absolute Gasteiger partial charge is 0.349 e. The van der Waals surface area contributed by atoms with Gasteiger partial charge in [0.1, 0.15) is 0 Å². The highest BCUT2D eigenvalue weighted by atomic mass is 35.5. The lowest BCUT2D eigenvalue weighted by Crippen LogP contribution is -2.48. The fourth-order valence-electron chi connectivity index (χ4n) is 4.46. The number of amides is 1. The first-order chi connectivity index (χ1) is 13.1. The van der Waals surface area contributed by atoms with E-state index in [1.165, 1.54) is 5.56 Å². The molecule has 1 aromatic carbocycles. The number of aromatic nitrogens is 1. The van der Waals surface area contributed by atoms with E-state index in [9.17, 15) is 4.79 Å². The lowest BCUT2D eigenvalue weighted by molar-refractivity contribution is -0.127. The number of pyridine rings is 1. The zero-order valence-electron chi connectivity index (χ0n) is 15.4. The van der Waals surface area contributed by atoms with Gasteiger partial charge in [0.15, 0.2) is 0 Å². The molecular weight excluding hydrogens is 360 g/mol. The Morgan fingerprint density at radius 2 is 1.89 bits per heavy atom. The number of fused-ring (bicyclic) bond motifs is 1. The summed E-state index contributed by atoms with van der Waals surface area (Å²) in [4.78, 5) is 17.1. The second-order valence-corrected chi connectivity index (χ2v) is 7.99. The van der Waals surface area contributed by atoms with Crippen LogP contribution in [0.4, 0.5) is 0 Å². The molecule has 6 heteroatoms. The van der Waals surface area contributed by atoms with Gasteiger partial charge < -0.3 is 5.32 Å². The molecule has 1 amide bonds. The normalized spacial score (nSPS) is 28.4. The number of hydrazine groups is 1. The molecule has 2 heterocycles. The molecule has 3 N–H and O–H groups in total. The number of halogens is 1. The first-order valence-electron chi connectivity index (χ1n) is 9.60. The van der Waals surface area contributed by atoms with E-state index in [0.29, 0.717) is 10.9 Å². The van der Waals surface area contributed by atoms with Crippen LogP contribution >= 0.6 is 11.6 Å². The van der Waals surface area contributed by atoms with E-state index in [-0.39, 0.29) is 30.0 Å². The van der Waals surface area contributed by atoms with E-state index in [4.69, 9.17) is 11.6 Å². The highest BCUT2D eigenvalue weighted by Gasteiger charge is 2.45. The van der Waals surface area contributed by atoms with E-state index in [2.05, 4.69) is 21.2 Å². The molecule has 1 aliphatic heterocycles. The number of benzene rings is 1. The molecular formula is C21H25ClN4O. The molecule has 27 heavy (non-hydrogen) atoms. The van der Waals surface area contributed by atoms with E-state index >= 15 is 0 Å². The average molecular weight is 385 g/mol. The fraction of sp³-hybridized carbons (Fsp3) is 0.429. The SMILES string of the molecule is C[C@H](NC(=O)C1CCCC2C(c3ccncc3)NNC12)c1ccc(Cl)cc1. The molecule has 5 atom stereocenters. The first kappa shape index (κ1) is 18.4. The predicted molar refractivity (Wildman–Crippen MR) is 106 cm³/mol. The molecule has 4 rings (SSSR count). The van der Waals surface area contributed by atoms with Crippen LogP contribution in [0.5, 0.6) is 0 Å². The minimum absolute atomic E-state index is 0.0298. The standard InChI is InChI=1S/C21H25ClN4O/c1-13(14-5-7-16(22)8-6-14)24-21(27)18-4-2-3-17-19(25-26-20(17)18)15-9-11-23-12-10-15/h5-13,17-20,25-26H,2-4H2,1H3,(H,24,27)/t13-,17?,18?,19?,20?/m0/s1. The molecule has 1 saturated heterocycles. The zero-order valence-corrected chi connectivity index (χ0v) is 16.1. The van der Waals surface area contributed by atoms with Gasteiger partial charge in [-0.25, -0.2) is 5.43 Å². The molecule has 0 spiro atoms. The maximum atomic E-state index is 13.0. The van der Waals surface area contributed by atoms with Crippen molar-refractivity contribution in [3.05, 3.63) is 64.9 Å². The van der Waals surface area contributed by atoms with Crippen LogP contribution < -0.4 is 16.2 Å². The van der Waals surface area contributed by atoms with Crippen LogP contribution in [-0.2, 0) is 4.79 Å². The minimum atomic E-state index is -0.0412. The molecule has 0 bridgehead atoms. The fourth-order valence-corrected chi connectivity index (χ4v) is 4.58. The highest BCUT2D eigenvalue weighted by Crippen LogP contribution is 2.40. The Hall–Kier alpha value is -1.95. The number of rotatable bonds is 4. The molecule has 1 saturated carbocycles. The molecule has 142 valence electrons. The van der Waals surface area contributed by atoms with Gasteiger partial charge in [0.25, 0.3) is 0 Å². The molecule has 0 radical (unpaired) electrons. The molecule has 5 nitrogen and oxygen atoms in total. The van der Waals surface area contributed by atoms with Crippen molar-refractivity contribution in [2.24, 2.45) is 11.8 Å². The number of carbonyl (C=O) groups is 1. The smallest absolute Gasteiger partial charge is 0.225 e. The summed E-state index contributed by atoms with van der Waals surface area (Å²) >= 11 is 5.96. The van der Waals surface area contributed by atoms with E-state index < -0.39 is 0 Å². The summed E-state index contributed by atoms with van der Waals surface area (Å²) in [6.07, 6.45) is 6.75. The van der Waals surface area contributed by atoms with Crippen molar-refractivity contribution in [2.75, 3.05) is 0 Å². The number of hydrogen-bond donors (Lipinski definition) is 3. The number of hydrogen-bond acceptors (Lipinski definition) is 4. The first-order valence-corrected chi connectivity index (χ1v) is 9.98. The van der Waals surface area contributed by atoms with Crippen LogP contribution in [0.15, 0.2) is 48.8 Å². The van der Waals surface area contributed by atoms with Gasteiger partial charge in [0, 0.05) is 23.5 Å². The maximum Gasteiger partial charge on any atom is 0.225 e. The van der Waals surface area contributed by atoms with Gasteiger partial charge in [0.2, 0.25) is 5.91 Å². The van der Waals surface area contributed by atoms with Crippen LogP contribution in [0.25, 0.3) is 0 Å². The Kier molecular flexibility index (Phi) is 5.43. The lowest BCUT2D eigenvalue weighted by atomic mass is 9.73. The third kappa shape index (κ3) is 3.86. The van der Waals surface area contributed by atoms with Gasteiger partial charge in [-0.2, -0.15) is 0 Å². The van der Waals surface area contributed by atoms with Gasteiger partial charge in [0.05, 0.1) is 18.0 Å². The molecule has 2 aromatic rings. The minimum Gasteiger partial charge on any atom is -0.349 e. The summed E-state index contributed by atoms with van der Waals surface area (Å²) in [5.74, 6) is 0.498. The summed E-state index contributed by atoms with van der Waals surface area (Å²) < 4.78 is 0. The van der Waals surface area contributed by atoms with Crippen LogP contribution in [0, 0.1) is 11.8 Å². The molecule has 2 aliphatic rings. The Bertz CT molecular complexity index is 783. The number of nitrogens with one attached hydrogen (secondary N) is 3. The molecule has 2 fully saturated rings. The van der Waals surface area contributed by atoms with E-state index in [0.717, 1.165) is 24.8 Å². The summed E-state index contributed by atoms with van der Waals surface area (Å²) in [5, 5.41) is 3.90. The Morgan fingerprint density at radius 1 is 1.15 bits per heavy atom. The average Bonchev–Trinajstić information content (AvgIpc) is 3.13. The van der Waals surface area contributed by atoms with Crippen molar-refractivity contribution in [2.45, 2.75) is 44.3 Å². The third-order valence-electron chi connectivity index (χ3n) is 5.91. The zero-order chi connectivity index (χ0) is 18.8. The summed E-state index contributed by atoms with van der Waals surface area (Å²) in [6.45, 7) is 2.02. The summed E-state index contributed by atoms with van der Waals surface area (Å²) in [7, 11) is 0. The Labute approximate surface area is 164 Å².